The summed E-state index contributed by atoms with van der Waals surface area (Å²) in [4.78, 5) is 28.5. The molecule has 2 aromatic rings. The van der Waals surface area contributed by atoms with E-state index in [9.17, 15) is 9.59 Å². The Hall–Kier alpha value is -2.41. The van der Waals surface area contributed by atoms with Gasteiger partial charge in [0.25, 0.3) is 0 Å². The molecule has 3 N–H and O–H groups in total. The third-order valence-corrected chi connectivity index (χ3v) is 2.83. The number of hydrogen-bond acceptors (Lipinski definition) is 6. The molecule has 1 aliphatic rings. The van der Waals surface area contributed by atoms with Crippen LogP contribution in [0, 0.1) is 0 Å². The highest BCUT2D eigenvalue weighted by Gasteiger charge is 2.23. The molecule has 1 fully saturated rings. The molecule has 0 radical (unpaired) electrons. The standard InChI is InChI=1S/C12H12N4O3/c13-7-1-2-9-8(3-7)14-12(19-9)6-16-4-10(17)15-11(18)5-16/h1-3H,4-6,13H2,(H,15,17,18). The lowest BCUT2D eigenvalue weighted by atomic mass is 10.3. The number of nitrogens with one attached hydrogen (secondary N) is 1. The van der Waals surface area contributed by atoms with Gasteiger partial charge in [-0.2, -0.15) is 0 Å². The van der Waals surface area contributed by atoms with Crippen molar-refractivity contribution < 1.29 is 14.0 Å². The molecule has 1 aromatic heterocycles. The third-order valence-electron chi connectivity index (χ3n) is 2.83. The van der Waals surface area contributed by atoms with Crippen LogP contribution in [0.4, 0.5) is 5.69 Å². The maximum Gasteiger partial charge on any atom is 0.240 e. The van der Waals surface area contributed by atoms with E-state index in [1.165, 1.54) is 0 Å². The molecule has 0 bridgehead atoms. The molecule has 3 rings (SSSR count). The summed E-state index contributed by atoms with van der Waals surface area (Å²) in [6.07, 6.45) is 0. The van der Waals surface area contributed by atoms with Crippen LogP contribution in [0.1, 0.15) is 5.89 Å². The molecule has 1 saturated heterocycles. The second kappa shape index (κ2) is 4.36. The minimum atomic E-state index is -0.309. The maximum absolute atomic E-state index is 11.2. The van der Waals surface area contributed by atoms with Gasteiger partial charge in [0.1, 0.15) is 5.52 Å². The Bertz CT molecular complexity index is 648. The van der Waals surface area contributed by atoms with E-state index < -0.39 is 0 Å². The summed E-state index contributed by atoms with van der Waals surface area (Å²) in [5.41, 5.74) is 7.58. The lowest BCUT2D eigenvalue weighted by molar-refractivity contribution is -0.136. The van der Waals surface area contributed by atoms with Gasteiger partial charge in [-0.25, -0.2) is 4.98 Å². The zero-order valence-corrected chi connectivity index (χ0v) is 10.0. The Morgan fingerprint density at radius 1 is 1.32 bits per heavy atom. The van der Waals surface area contributed by atoms with Crippen molar-refractivity contribution >= 4 is 28.6 Å². The van der Waals surface area contributed by atoms with E-state index in [1.54, 1.807) is 23.1 Å². The number of amides is 2. The van der Waals surface area contributed by atoms with E-state index in [1.807, 2.05) is 0 Å². The molecular weight excluding hydrogens is 248 g/mol. The van der Waals surface area contributed by atoms with Crippen LogP contribution in [0.25, 0.3) is 11.1 Å². The van der Waals surface area contributed by atoms with Gasteiger partial charge in [0.15, 0.2) is 5.58 Å². The van der Waals surface area contributed by atoms with Crippen LogP contribution in [-0.4, -0.2) is 34.8 Å². The Morgan fingerprint density at radius 3 is 2.79 bits per heavy atom. The average molecular weight is 260 g/mol. The third kappa shape index (κ3) is 2.41. The van der Waals surface area contributed by atoms with Crippen molar-refractivity contribution in [3.63, 3.8) is 0 Å². The molecule has 7 heteroatoms. The molecule has 0 atom stereocenters. The fourth-order valence-corrected chi connectivity index (χ4v) is 2.06. The highest BCUT2D eigenvalue weighted by atomic mass is 16.3. The Morgan fingerprint density at radius 2 is 2.05 bits per heavy atom. The normalized spacial score (nSPS) is 16.8. The second-order valence-electron chi connectivity index (χ2n) is 4.45. The smallest absolute Gasteiger partial charge is 0.240 e. The lowest BCUT2D eigenvalue weighted by Gasteiger charge is -2.23. The first-order chi connectivity index (χ1) is 9.10. The number of nitrogen functional groups attached to an aromatic ring is 1. The number of oxazole rings is 1. The Balaban J connectivity index is 1.81. The lowest BCUT2D eigenvalue weighted by Crippen LogP contribution is -2.50. The number of rotatable bonds is 2. The summed E-state index contributed by atoms with van der Waals surface area (Å²) in [6, 6.07) is 5.20. The number of nitrogens with zero attached hydrogens (tertiary/aromatic N) is 2. The van der Waals surface area contributed by atoms with E-state index in [4.69, 9.17) is 10.2 Å². The van der Waals surface area contributed by atoms with Crippen molar-refractivity contribution in [1.82, 2.24) is 15.2 Å². The predicted octanol–water partition coefficient (Wildman–Crippen LogP) is -0.132. The van der Waals surface area contributed by atoms with Crippen LogP contribution in [0.3, 0.4) is 0 Å². The molecule has 2 amide bonds. The van der Waals surface area contributed by atoms with E-state index in [0.29, 0.717) is 29.2 Å². The van der Waals surface area contributed by atoms with Crippen LogP contribution < -0.4 is 11.1 Å². The Kier molecular flexibility index (Phi) is 2.68. The quantitative estimate of drug-likeness (QED) is 0.576. The van der Waals surface area contributed by atoms with Crippen molar-refractivity contribution in [3.05, 3.63) is 24.1 Å². The molecule has 0 spiro atoms. The summed E-state index contributed by atoms with van der Waals surface area (Å²) in [7, 11) is 0. The van der Waals surface area contributed by atoms with Gasteiger partial charge in [-0.05, 0) is 18.2 Å². The van der Waals surface area contributed by atoms with Gasteiger partial charge >= 0.3 is 0 Å². The van der Waals surface area contributed by atoms with Gasteiger partial charge in [-0.3, -0.25) is 19.8 Å². The summed E-state index contributed by atoms with van der Waals surface area (Å²) < 4.78 is 5.54. The van der Waals surface area contributed by atoms with E-state index >= 15 is 0 Å². The second-order valence-corrected chi connectivity index (χ2v) is 4.45. The van der Waals surface area contributed by atoms with E-state index in [2.05, 4.69) is 10.3 Å². The van der Waals surface area contributed by atoms with Crippen LogP contribution in [0.15, 0.2) is 22.6 Å². The number of carbonyl (C=O) groups is 2. The minimum absolute atomic E-state index is 0.159. The number of aromatic nitrogens is 1. The number of fused-ring (bicyclic) bond motifs is 1. The van der Waals surface area contributed by atoms with Crippen LogP contribution in [0.5, 0.6) is 0 Å². The molecule has 7 nitrogen and oxygen atoms in total. The molecule has 1 aromatic carbocycles. The van der Waals surface area contributed by atoms with Gasteiger partial charge in [-0.15, -0.1) is 0 Å². The number of anilines is 1. The van der Waals surface area contributed by atoms with Crippen molar-refractivity contribution in [2.75, 3.05) is 18.8 Å². The van der Waals surface area contributed by atoms with Crippen molar-refractivity contribution in [2.24, 2.45) is 0 Å². The Labute approximate surface area is 108 Å². The molecule has 0 aliphatic carbocycles. The van der Waals surface area contributed by atoms with Crippen molar-refractivity contribution in [1.29, 1.82) is 0 Å². The molecular formula is C12H12N4O3. The summed E-state index contributed by atoms with van der Waals surface area (Å²) in [5, 5.41) is 2.24. The molecule has 1 aliphatic heterocycles. The number of hydrogen-bond donors (Lipinski definition) is 2. The van der Waals surface area contributed by atoms with Gasteiger partial charge in [-0.1, -0.05) is 0 Å². The molecule has 19 heavy (non-hydrogen) atoms. The highest BCUT2D eigenvalue weighted by Crippen LogP contribution is 2.19. The predicted molar refractivity (Wildman–Crippen MR) is 66.8 cm³/mol. The van der Waals surface area contributed by atoms with E-state index in [0.717, 1.165) is 0 Å². The molecule has 2 heterocycles. The highest BCUT2D eigenvalue weighted by molar-refractivity contribution is 5.99. The van der Waals surface area contributed by atoms with Gasteiger partial charge < -0.3 is 10.2 Å². The summed E-state index contributed by atoms with van der Waals surface area (Å²) in [5.74, 6) is -0.156. The van der Waals surface area contributed by atoms with Gasteiger partial charge in [0.05, 0.1) is 19.6 Å². The molecule has 98 valence electrons. The average Bonchev–Trinajstić information content (AvgIpc) is 2.68. The SMILES string of the molecule is Nc1ccc2oc(CN3CC(=O)NC(=O)C3)nc2c1. The first-order valence-corrected chi connectivity index (χ1v) is 5.80. The first-order valence-electron chi connectivity index (χ1n) is 5.80. The minimum Gasteiger partial charge on any atom is -0.439 e. The van der Waals surface area contributed by atoms with Crippen LogP contribution >= 0.6 is 0 Å². The monoisotopic (exact) mass is 260 g/mol. The fourth-order valence-electron chi connectivity index (χ4n) is 2.06. The zero-order chi connectivity index (χ0) is 13.4. The zero-order valence-electron chi connectivity index (χ0n) is 10.0. The number of nitrogens with two attached hydrogens (primary N) is 1. The number of benzene rings is 1. The first kappa shape index (κ1) is 11.7. The van der Waals surface area contributed by atoms with E-state index in [-0.39, 0.29) is 24.9 Å². The molecule has 0 unspecified atom stereocenters. The van der Waals surface area contributed by atoms with Crippen LogP contribution in [-0.2, 0) is 16.1 Å². The largest absolute Gasteiger partial charge is 0.439 e. The van der Waals surface area contributed by atoms with Gasteiger partial charge in [0.2, 0.25) is 17.7 Å². The number of piperazine rings is 1. The van der Waals surface area contributed by atoms with Crippen molar-refractivity contribution in [3.8, 4) is 0 Å². The summed E-state index contributed by atoms with van der Waals surface area (Å²) in [6.45, 7) is 0.632. The fraction of sp³-hybridized carbons (Fsp3) is 0.250. The summed E-state index contributed by atoms with van der Waals surface area (Å²) >= 11 is 0. The topological polar surface area (TPSA) is 101 Å². The number of imide groups is 1. The maximum atomic E-state index is 11.2. The van der Waals surface area contributed by atoms with Crippen molar-refractivity contribution in [2.45, 2.75) is 6.54 Å². The number of carbonyl (C=O) groups excluding carboxylic acids is 2. The van der Waals surface area contributed by atoms with Crippen LogP contribution in [0.2, 0.25) is 0 Å². The molecule has 0 saturated carbocycles. The van der Waals surface area contributed by atoms with Gasteiger partial charge in [0, 0.05) is 5.69 Å².